The van der Waals surface area contributed by atoms with Crippen molar-refractivity contribution >= 4 is 7.28 Å². The fraction of sp³-hybridized carbons (Fsp3) is 0.500. The van der Waals surface area contributed by atoms with Crippen LogP contribution in [-0.4, -0.2) is 30.3 Å². The van der Waals surface area contributed by atoms with Gasteiger partial charge in [0.15, 0.2) is 0 Å². The van der Waals surface area contributed by atoms with E-state index in [1.807, 2.05) is 0 Å². The Balaban J connectivity index is 5.78. The Morgan fingerprint density at radius 1 is 1.12 bits per heavy atom. The lowest BCUT2D eigenvalue weighted by Crippen LogP contribution is -2.57. The van der Waals surface area contributed by atoms with E-state index >= 15 is 0 Å². The molecule has 1 N–H and O–H groups in total. The van der Waals surface area contributed by atoms with Crippen molar-refractivity contribution in [1.29, 1.82) is 0 Å². The fourth-order valence-corrected chi connectivity index (χ4v) is 1.09. The number of halogens is 6. The smallest absolute Gasteiger partial charge is 0.370 e. The predicted molar refractivity (Wildman–Crippen MR) is 48.4 cm³/mol. The van der Waals surface area contributed by atoms with Gasteiger partial charge in [0.1, 0.15) is 7.28 Å². The molecule has 0 atom stereocenters. The highest BCUT2D eigenvalue weighted by molar-refractivity contribution is 6.40. The molecule has 0 saturated carbocycles. The predicted octanol–water partition coefficient (Wildman–Crippen LogP) is 2.40. The largest absolute Gasteiger partial charge is 0.430 e. The maximum atomic E-state index is 12.3. The number of alkyl halides is 6. The van der Waals surface area contributed by atoms with Crippen LogP contribution in [0, 0.1) is 0 Å². The molecule has 8 heteroatoms. The molecular formula is C8H9BF6O. The van der Waals surface area contributed by atoms with Gasteiger partial charge in [0.2, 0.25) is 0 Å². The number of hydrogen-bond donors (Lipinski definition) is 1. The fourth-order valence-electron chi connectivity index (χ4n) is 1.09. The lowest BCUT2D eigenvalue weighted by atomic mass is 9.76. The molecule has 0 aliphatic rings. The first kappa shape index (κ1) is 15.1. The molecule has 0 amide bonds. The van der Waals surface area contributed by atoms with Crippen LogP contribution in [0.5, 0.6) is 0 Å². The third-order valence-corrected chi connectivity index (χ3v) is 1.88. The van der Waals surface area contributed by atoms with Gasteiger partial charge in [0, 0.05) is 0 Å². The molecule has 0 aliphatic carbocycles. The molecule has 0 spiro atoms. The first-order valence-corrected chi connectivity index (χ1v) is 4.21. The van der Waals surface area contributed by atoms with Gasteiger partial charge in [-0.25, -0.2) is 0 Å². The standard InChI is InChI=1S/C8H9BF6O/c1-3-5(4-9-2)6(16,7(10,11)12)8(13,14)15/h3-4,9,16H,1H2,2H3/b5-4+. The molecule has 0 radical (unpaired) electrons. The van der Waals surface area contributed by atoms with Gasteiger partial charge in [-0.1, -0.05) is 19.5 Å². The van der Waals surface area contributed by atoms with Crippen LogP contribution in [0.15, 0.2) is 24.2 Å². The number of hydrogen-bond acceptors (Lipinski definition) is 1. The van der Waals surface area contributed by atoms with Crippen LogP contribution in [0.3, 0.4) is 0 Å². The van der Waals surface area contributed by atoms with Crippen molar-refractivity contribution in [2.45, 2.75) is 24.8 Å². The van der Waals surface area contributed by atoms with Gasteiger partial charge in [0.25, 0.3) is 5.60 Å². The Kier molecular flexibility index (Phi) is 4.27. The zero-order chi connectivity index (χ0) is 13.2. The summed E-state index contributed by atoms with van der Waals surface area (Å²) >= 11 is 0. The summed E-state index contributed by atoms with van der Waals surface area (Å²) in [5, 5.41) is 8.89. The minimum Gasteiger partial charge on any atom is -0.370 e. The van der Waals surface area contributed by atoms with E-state index in [1.165, 1.54) is 6.82 Å². The zero-order valence-corrected chi connectivity index (χ0v) is 8.28. The molecule has 0 bridgehead atoms. The normalized spacial score (nSPS) is 14.9. The van der Waals surface area contributed by atoms with Crippen molar-refractivity contribution in [1.82, 2.24) is 0 Å². The topological polar surface area (TPSA) is 20.2 Å². The molecule has 0 aromatic carbocycles. The van der Waals surface area contributed by atoms with Crippen molar-refractivity contribution in [2.24, 2.45) is 0 Å². The highest BCUT2D eigenvalue weighted by Gasteiger charge is 2.71. The molecule has 0 aromatic rings. The maximum absolute atomic E-state index is 12.3. The average Bonchev–Trinajstić information content (AvgIpc) is 2.09. The van der Waals surface area contributed by atoms with Crippen molar-refractivity contribution in [2.75, 3.05) is 0 Å². The first-order valence-electron chi connectivity index (χ1n) is 4.21. The van der Waals surface area contributed by atoms with Crippen molar-refractivity contribution in [3.8, 4) is 0 Å². The van der Waals surface area contributed by atoms with Gasteiger partial charge >= 0.3 is 12.4 Å². The lowest BCUT2D eigenvalue weighted by Gasteiger charge is -2.33. The van der Waals surface area contributed by atoms with Crippen LogP contribution in [-0.2, 0) is 0 Å². The van der Waals surface area contributed by atoms with Gasteiger partial charge in [0.05, 0.1) is 0 Å². The maximum Gasteiger partial charge on any atom is 0.430 e. The first-order chi connectivity index (χ1) is 7.02. The molecule has 1 nitrogen and oxygen atoms in total. The summed E-state index contributed by atoms with van der Waals surface area (Å²) in [5.74, 6) is 0.633. The summed E-state index contributed by atoms with van der Waals surface area (Å²) in [6, 6.07) is 0. The molecule has 0 aromatic heterocycles. The van der Waals surface area contributed by atoms with E-state index in [1.54, 1.807) is 0 Å². The third-order valence-electron chi connectivity index (χ3n) is 1.88. The summed E-state index contributed by atoms with van der Waals surface area (Å²) < 4.78 is 73.8. The van der Waals surface area contributed by atoms with Crippen LogP contribution in [0.25, 0.3) is 0 Å². The second-order valence-corrected chi connectivity index (χ2v) is 2.98. The molecule has 16 heavy (non-hydrogen) atoms. The number of rotatable bonds is 3. The van der Waals surface area contributed by atoms with Crippen molar-refractivity contribution in [3.05, 3.63) is 24.2 Å². The van der Waals surface area contributed by atoms with Crippen molar-refractivity contribution < 1.29 is 31.4 Å². The van der Waals surface area contributed by atoms with Gasteiger partial charge in [-0.2, -0.15) is 26.3 Å². The summed E-state index contributed by atoms with van der Waals surface area (Å²) in [6.07, 6.45) is -11.3. The van der Waals surface area contributed by atoms with Crippen molar-refractivity contribution in [3.63, 3.8) is 0 Å². The molecule has 0 aliphatic heterocycles. The minimum absolute atomic E-state index is 0.0875. The summed E-state index contributed by atoms with van der Waals surface area (Å²) in [6.45, 7) is 4.19. The van der Waals surface area contributed by atoms with Gasteiger partial charge in [-0.15, -0.1) is 5.98 Å². The van der Waals surface area contributed by atoms with E-state index in [-0.39, 0.29) is 7.28 Å². The Morgan fingerprint density at radius 2 is 1.50 bits per heavy atom. The Labute approximate surface area is 88.7 Å². The zero-order valence-electron chi connectivity index (χ0n) is 8.28. The molecule has 0 rings (SSSR count). The highest BCUT2D eigenvalue weighted by atomic mass is 19.4. The van der Waals surface area contributed by atoms with Crippen LogP contribution < -0.4 is 0 Å². The quantitative estimate of drug-likeness (QED) is 0.460. The van der Waals surface area contributed by atoms with Crippen LogP contribution >= 0.6 is 0 Å². The molecule has 0 fully saturated rings. The molecule has 0 heterocycles. The van der Waals surface area contributed by atoms with Gasteiger partial charge < -0.3 is 5.11 Å². The monoisotopic (exact) mass is 246 g/mol. The second-order valence-electron chi connectivity index (χ2n) is 2.98. The summed E-state index contributed by atoms with van der Waals surface area (Å²) in [7, 11) is -0.0875. The van der Waals surface area contributed by atoms with Crippen LogP contribution in [0.1, 0.15) is 0 Å². The minimum atomic E-state index is -5.85. The van der Waals surface area contributed by atoms with E-state index in [0.717, 1.165) is 0 Å². The van der Waals surface area contributed by atoms with Crippen LogP contribution in [0.2, 0.25) is 6.82 Å². The Hall–Kier alpha value is -0.915. The van der Waals surface area contributed by atoms with E-state index in [9.17, 15) is 26.3 Å². The van der Waals surface area contributed by atoms with E-state index in [0.29, 0.717) is 12.1 Å². The summed E-state index contributed by atoms with van der Waals surface area (Å²) in [4.78, 5) is 0. The molecular weight excluding hydrogens is 237 g/mol. The van der Waals surface area contributed by atoms with E-state index in [4.69, 9.17) is 5.11 Å². The highest BCUT2D eigenvalue weighted by Crippen LogP contribution is 2.47. The third kappa shape index (κ3) is 2.42. The van der Waals surface area contributed by atoms with Gasteiger partial charge in [-0.3, -0.25) is 0 Å². The van der Waals surface area contributed by atoms with Gasteiger partial charge in [-0.05, 0) is 5.57 Å². The summed E-state index contributed by atoms with van der Waals surface area (Å²) in [5.41, 5.74) is -6.17. The Morgan fingerprint density at radius 3 is 1.69 bits per heavy atom. The SMILES string of the molecule is C=C/C(=C\BC)C(O)(C(F)(F)F)C(F)(F)F. The molecule has 0 saturated heterocycles. The Bertz CT molecular complexity index is 276. The lowest BCUT2D eigenvalue weighted by molar-refractivity contribution is -0.350. The van der Waals surface area contributed by atoms with E-state index in [2.05, 4.69) is 6.58 Å². The van der Waals surface area contributed by atoms with Crippen LogP contribution in [0.4, 0.5) is 26.3 Å². The van der Waals surface area contributed by atoms with E-state index < -0.39 is 23.5 Å². The molecule has 92 valence electrons. The molecule has 0 unspecified atom stereocenters. The average molecular weight is 246 g/mol. The second kappa shape index (κ2) is 4.53. The number of aliphatic hydroxyl groups is 1.